The van der Waals surface area contributed by atoms with Gasteiger partial charge in [-0.25, -0.2) is 4.39 Å². The van der Waals surface area contributed by atoms with Crippen LogP contribution in [0.2, 0.25) is 5.02 Å². The SMILES string of the molecule is O=C(CCc1c(-c2ccc(F)cc2)[nH]c2ccc(Cl)cc12)N[C@@H]1C(=O)NC[C@H]1O. The van der Waals surface area contributed by atoms with E-state index in [9.17, 15) is 19.1 Å². The Bertz CT molecular complexity index is 1080. The van der Waals surface area contributed by atoms with Crippen molar-refractivity contribution in [2.75, 3.05) is 6.54 Å². The number of amides is 2. The maximum atomic E-state index is 13.3. The minimum atomic E-state index is -0.937. The number of aromatic amines is 1. The van der Waals surface area contributed by atoms with Crippen LogP contribution < -0.4 is 10.6 Å². The van der Waals surface area contributed by atoms with E-state index in [1.807, 2.05) is 12.1 Å². The first-order valence-electron chi connectivity index (χ1n) is 9.23. The number of H-pyrrole nitrogens is 1. The third-order valence-electron chi connectivity index (χ3n) is 5.07. The van der Waals surface area contributed by atoms with E-state index < -0.39 is 18.1 Å². The van der Waals surface area contributed by atoms with Gasteiger partial charge in [-0.1, -0.05) is 11.6 Å². The number of fused-ring (bicyclic) bond motifs is 1. The van der Waals surface area contributed by atoms with Crippen LogP contribution in [-0.2, 0) is 16.0 Å². The van der Waals surface area contributed by atoms with Crippen LogP contribution >= 0.6 is 11.6 Å². The number of β-amino-alcohol motifs (C(OH)–C–C–N with tert-alkyl or cyclic N) is 1. The Labute approximate surface area is 171 Å². The molecule has 2 atom stereocenters. The van der Waals surface area contributed by atoms with Crippen LogP contribution in [0, 0.1) is 5.82 Å². The van der Waals surface area contributed by atoms with Gasteiger partial charge in [0, 0.05) is 34.6 Å². The molecule has 2 amide bonds. The summed E-state index contributed by atoms with van der Waals surface area (Å²) in [6.07, 6.45) is -0.443. The van der Waals surface area contributed by atoms with Crippen molar-refractivity contribution in [3.8, 4) is 11.3 Å². The first-order valence-corrected chi connectivity index (χ1v) is 9.61. The molecule has 150 valence electrons. The predicted octanol–water partition coefficient (Wildman–Crippen LogP) is 2.54. The molecule has 1 aliphatic rings. The molecule has 3 aromatic rings. The first-order chi connectivity index (χ1) is 13.9. The minimum Gasteiger partial charge on any atom is -0.389 e. The summed E-state index contributed by atoms with van der Waals surface area (Å²) in [6, 6.07) is 10.6. The third kappa shape index (κ3) is 3.97. The van der Waals surface area contributed by atoms with E-state index in [4.69, 9.17) is 11.6 Å². The van der Waals surface area contributed by atoms with E-state index >= 15 is 0 Å². The molecule has 2 heterocycles. The number of aromatic nitrogens is 1. The van der Waals surface area contributed by atoms with Crippen molar-refractivity contribution < 1.29 is 19.1 Å². The average Bonchev–Trinajstić information content (AvgIpc) is 3.21. The number of carbonyl (C=O) groups is 2. The second-order valence-corrected chi connectivity index (χ2v) is 7.47. The monoisotopic (exact) mass is 415 g/mol. The molecular weight excluding hydrogens is 397 g/mol. The highest BCUT2D eigenvalue weighted by Gasteiger charge is 2.34. The molecule has 0 saturated carbocycles. The second-order valence-electron chi connectivity index (χ2n) is 7.03. The van der Waals surface area contributed by atoms with Crippen molar-refractivity contribution in [3.63, 3.8) is 0 Å². The van der Waals surface area contributed by atoms with E-state index in [1.54, 1.807) is 18.2 Å². The maximum absolute atomic E-state index is 13.3. The van der Waals surface area contributed by atoms with Gasteiger partial charge in [0.1, 0.15) is 18.0 Å². The van der Waals surface area contributed by atoms with Crippen molar-refractivity contribution in [1.29, 1.82) is 0 Å². The molecule has 4 rings (SSSR count). The molecule has 0 aliphatic carbocycles. The van der Waals surface area contributed by atoms with Gasteiger partial charge in [0.25, 0.3) is 0 Å². The number of aliphatic hydroxyl groups is 1. The molecule has 2 aromatic carbocycles. The smallest absolute Gasteiger partial charge is 0.245 e. The average molecular weight is 416 g/mol. The lowest BCUT2D eigenvalue weighted by Gasteiger charge is -2.14. The van der Waals surface area contributed by atoms with E-state index in [0.717, 1.165) is 27.7 Å². The Morgan fingerprint density at radius 3 is 2.69 bits per heavy atom. The lowest BCUT2D eigenvalue weighted by Crippen LogP contribution is -2.45. The topological polar surface area (TPSA) is 94.2 Å². The third-order valence-corrected chi connectivity index (χ3v) is 5.31. The van der Waals surface area contributed by atoms with Gasteiger partial charge in [-0.15, -0.1) is 0 Å². The minimum absolute atomic E-state index is 0.115. The van der Waals surface area contributed by atoms with Gasteiger partial charge < -0.3 is 20.7 Å². The molecular formula is C21H19ClFN3O3. The van der Waals surface area contributed by atoms with Crippen LogP contribution in [0.25, 0.3) is 22.2 Å². The largest absolute Gasteiger partial charge is 0.389 e. The summed E-state index contributed by atoms with van der Waals surface area (Å²) in [4.78, 5) is 27.4. The number of benzene rings is 2. The zero-order valence-corrected chi connectivity index (χ0v) is 16.1. The standard InChI is InChI=1S/C21H19ClFN3O3/c22-12-3-7-16-15(9-12)14(19(25-16)11-1-4-13(23)5-2-11)6-8-18(28)26-20-17(27)10-24-21(20)29/h1-5,7,9,17,20,25,27H,6,8,10H2,(H,24,29)(H,26,28)/t17-,20+/m1/s1. The Hall–Kier alpha value is -2.90. The molecule has 0 unspecified atom stereocenters. The zero-order valence-electron chi connectivity index (χ0n) is 15.3. The molecule has 1 fully saturated rings. The van der Waals surface area contributed by atoms with Crippen LogP contribution in [-0.4, -0.2) is 40.6 Å². The molecule has 0 radical (unpaired) electrons. The predicted molar refractivity (Wildman–Crippen MR) is 108 cm³/mol. The molecule has 29 heavy (non-hydrogen) atoms. The van der Waals surface area contributed by atoms with Gasteiger partial charge >= 0.3 is 0 Å². The van der Waals surface area contributed by atoms with E-state index in [0.29, 0.717) is 11.4 Å². The van der Waals surface area contributed by atoms with Gasteiger partial charge in [0.05, 0.1) is 0 Å². The van der Waals surface area contributed by atoms with Crippen LogP contribution in [0.3, 0.4) is 0 Å². The van der Waals surface area contributed by atoms with Gasteiger partial charge in [0.15, 0.2) is 0 Å². The summed E-state index contributed by atoms with van der Waals surface area (Å²) in [5, 5.41) is 16.3. The number of hydrogen-bond acceptors (Lipinski definition) is 3. The summed E-state index contributed by atoms with van der Waals surface area (Å²) < 4.78 is 13.3. The number of nitrogens with one attached hydrogen (secondary N) is 3. The van der Waals surface area contributed by atoms with Crippen LogP contribution in [0.15, 0.2) is 42.5 Å². The fourth-order valence-electron chi connectivity index (χ4n) is 3.60. The highest BCUT2D eigenvalue weighted by atomic mass is 35.5. The molecule has 8 heteroatoms. The van der Waals surface area contributed by atoms with Gasteiger partial charge in [0.2, 0.25) is 11.8 Å². The number of carbonyl (C=O) groups excluding carboxylic acids is 2. The van der Waals surface area contributed by atoms with Crippen molar-refractivity contribution in [2.45, 2.75) is 25.0 Å². The van der Waals surface area contributed by atoms with Gasteiger partial charge in [-0.2, -0.15) is 0 Å². The number of halogens is 2. The lowest BCUT2D eigenvalue weighted by atomic mass is 10.0. The molecule has 1 saturated heterocycles. The quantitative estimate of drug-likeness (QED) is 0.516. The van der Waals surface area contributed by atoms with E-state index in [-0.39, 0.29) is 24.7 Å². The summed E-state index contributed by atoms with van der Waals surface area (Å²) in [6.45, 7) is 0.124. The Balaban J connectivity index is 1.60. The highest BCUT2D eigenvalue weighted by molar-refractivity contribution is 6.31. The number of aliphatic hydroxyl groups excluding tert-OH is 1. The van der Waals surface area contributed by atoms with Crippen molar-refractivity contribution in [3.05, 3.63) is 58.9 Å². The van der Waals surface area contributed by atoms with E-state index in [2.05, 4.69) is 15.6 Å². The first kappa shape index (κ1) is 19.4. The van der Waals surface area contributed by atoms with Crippen molar-refractivity contribution >= 4 is 34.3 Å². The van der Waals surface area contributed by atoms with Crippen molar-refractivity contribution in [1.82, 2.24) is 15.6 Å². The van der Waals surface area contributed by atoms with Crippen molar-refractivity contribution in [2.24, 2.45) is 0 Å². The van der Waals surface area contributed by atoms with Gasteiger partial charge in [-0.3, -0.25) is 9.59 Å². The number of aryl methyl sites for hydroxylation is 1. The second kappa shape index (κ2) is 7.85. The summed E-state index contributed by atoms with van der Waals surface area (Å²) >= 11 is 6.16. The van der Waals surface area contributed by atoms with Crippen LogP contribution in [0.4, 0.5) is 4.39 Å². The fraction of sp³-hybridized carbons (Fsp3) is 0.238. The Morgan fingerprint density at radius 1 is 1.24 bits per heavy atom. The highest BCUT2D eigenvalue weighted by Crippen LogP contribution is 2.33. The number of hydrogen-bond donors (Lipinski definition) is 4. The Morgan fingerprint density at radius 2 is 2.00 bits per heavy atom. The zero-order chi connectivity index (χ0) is 20.5. The molecule has 0 spiro atoms. The molecule has 0 bridgehead atoms. The lowest BCUT2D eigenvalue weighted by molar-refractivity contribution is -0.128. The van der Waals surface area contributed by atoms with Crippen LogP contribution in [0.1, 0.15) is 12.0 Å². The van der Waals surface area contributed by atoms with Crippen LogP contribution in [0.5, 0.6) is 0 Å². The fourth-order valence-corrected chi connectivity index (χ4v) is 3.77. The number of rotatable bonds is 5. The summed E-state index contributed by atoms with van der Waals surface area (Å²) in [5.41, 5.74) is 3.31. The molecule has 4 N–H and O–H groups in total. The molecule has 1 aliphatic heterocycles. The maximum Gasteiger partial charge on any atom is 0.245 e. The normalized spacial score (nSPS) is 18.8. The summed E-state index contributed by atoms with van der Waals surface area (Å²) in [7, 11) is 0. The van der Waals surface area contributed by atoms with E-state index in [1.165, 1.54) is 12.1 Å². The molecule has 1 aromatic heterocycles. The Kier molecular flexibility index (Phi) is 5.25. The molecule has 6 nitrogen and oxygen atoms in total. The summed E-state index contributed by atoms with van der Waals surface area (Å²) in [5.74, 6) is -1.06. The van der Waals surface area contributed by atoms with Gasteiger partial charge in [-0.05, 0) is 60.0 Å².